The van der Waals surface area contributed by atoms with Gasteiger partial charge in [0.05, 0.1) is 0 Å². The molecule has 0 radical (unpaired) electrons. The molecule has 136 valence electrons. The van der Waals surface area contributed by atoms with Crippen LogP contribution in [0.15, 0.2) is 0 Å². The van der Waals surface area contributed by atoms with Gasteiger partial charge in [0.1, 0.15) is 0 Å². The molecule has 2 fully saturated rings. The van der Waals surface area contributed by atoms with Crippen molar-refractivity contribution in [3.8, 4) is 0 Å². The zero-order chi connectivity index (χ0) is 17.1. The van der Waals surface area contributed by atoms with Gasteiger partial charge in [-0.25, -0.2) is 0 Å². The summed E-state index contributed by atoms with van der Waals surface area (Å²) in [5, 5.41) is 0. The van der Waals surface area contributed by atoms with Gasteiger partial charge in [0, 0.05) is 29.7 Å². The van der Waals surface area contributed by atoms with Crippen LogP contribution in [-0.4, -0.2) is 46.1 Å². The molecule has 2 aliphatic heterocycles. The summed E-state index contributed by atoms with van der Waals surface area (Å²) in [4.78, 5) is 5.75. The van der Waals surface area contributed by atoms with E-state index in [9.17, 15) is 0 Å². The van der Waals surface area contributed by atoms with Crippen molar-refractivity contribution in [1.82, 2.24) is 9.80 Å². The third-order valence-corrected chi connectivity index (χ3v) is 7.24. The van der Waals surface area contributed by atoms with Crippen molar-refractivity contribution in [2.24, 2.45) is 0 Å². The van der Waals surface area contributed by atoms with Crippen LogP contribution >= 0.6 is 0 Å². The number of hydrogen-bond donors (Lipinski definition) is 0. The van der Waals surface area contributed by atoms with Crippen LogP contribution in [0.25, 0.3) is 0 Å². The molecule has 0 N–H and O–H groups in total. The Hall–Kier alpha value is -0.0800. The molecule has 0 saturated carbocycles. The Balaban J connectivity index is 2.12. The minimum Gasteiger partial charge on any atom is -0.298 e. The van der Waals surface area contributed by atoms with Gasteiger partial charge in [-0.15, -0.1) is 0 Å². The molecule has 0 amide bonds. The lowest BCUT2D eigenvalue weighted by molar-refractivity contribution is -0.0451. The average Bonchev–Trinajstić information content (AvgIpc) is 2.92. The van der Waals surface area contributed by atoms with Gasteiger partial charge in [-0.1, -0.05) is 33.6 Å². The van der Waals surface area contributed by atoms with E-state index >= 15 is 0 Å². The van der Waals surface area contributed by atoms with Crippen molar-refractivity contribution >= 4 is 0 Å². The molecule has 23 heavy (non-hydrogen) atoms. The van der Waals surface area contributed by atoms with Gasteiger partial charge in [0.15, 0.2) is 0 Å². The van der Waals surface area contributed by atoms with Crippen molar-refractivity contribution in [3.05, 3.63) is 0 Å². The Morgan fingerprint density at radius 3 is 1.87 bits per heavy atom. The summed E-state index contributed by atoms with van der Waals surface area (Å²) in [6.07, 6.45) is 12.3. The molecule has 0 aromatic carbocycles. The molecule has 0 aromatic rings. The Morgan fingerprint density at radius 1 is 0.826 bits per heavy atom. The van der Waals surface area contributed by atoms with Crippen molar-refractivity contribution in [2.45, 2.75) is 116 Å². The molecule has 0 bridgehead atoms. The Kier molecular flexibility index (Phi) is 6.22. The molecular formula is C21H42N2. The standard InChI is InChI=1S/C21H42N2/c1-7-11-20(6,12-8-2)23-16-10-13-21(23)14-17-22(18-15-21)19(4,5)9-3/h7-18H2,1-6H3. The number of nitrogens with zero attached hydrogens (tertiary/aromatic N) is 2. The zero-order valence-corrected chi connectivity index (χ0v) is 16.9. The maximum Gasteiger partial charge on any atom is 0.0239 e. The van der Waals surface area contributed by atoms with Crippen molar-refractivity contribution < 1.29 is 0 Å². The van der Waals surface area contributed by atoms with Crippen molar-refractivity contribution in [2.75, 3.05) is 19.6 Å². The topological polar surface area (TPSA) is 6.48 Å². The van der Waals surface area contributed by atoms with Crippen LogP contribution in [0.1, 0.15) is 99.3 Å². The fourth-order valence-electron chi connectivity index (χ4n) is 5.52. The molecule has 2 saturated heterocycles. The number of likely N-dealkylation sites (tertiary alicyclic amines) is 2. The van der Waals surface area contributed by atoms with Crippen LogP contribution in [0.4, 0.5) is 0 Å². The highest BCUT2D eigenvalue weighted by atomic mass is 15.3. The highest BCUT2D eigenvalue weighted by Crippen LogP contribution is 2.46. The van der Waals surface area contributed by atoms with Crippen molar-refractivity contribution in [1.29, 1.82) is 0 Å². The van der Waals surface area contributed by atoms with Crippen LogP contribution in [-0.2, 0) is 0 Å². The summed E-state index contributed by atoms with van der Waals surface area (Å²) in [6, 6.07) is 0. The predicted molar refractivity (Wildman–Crippen MR) is 102 cm³/mol. The van der Waals surface area contributed by atoms with E-state index in [1.165, 1.54) is 77.4 Å². The lowest BCUT2D eigenvalue weighted by Gasteiger charge is -2.55. The molecule has 0 unspecified atom stereocenters. The minimum atomic E-state index is 0.376. The Labute approximate surface area is 146 Å². The molecule has 2 heterocycles. The van der Waals surface area contributed by atoms with Crippen molar-refractivity contribution in [3.63, 3.8) is 0 Å². The summed E-state index contributed by atoms with van der Waals surface area (Å²) < 4.78 is 0. The smallest absolute Gasteiger partial charge is 0.0239 e. The van der Waals surface area contributed by atoms with E-state index in [4.69, 9.17) is 0 Å². The molecule has 0 atom stereocenters. The second-order valence-electron chi connectivity index (χ2n) is 9.13. The number of rotatable bonds is 7. The van der Waals surface area contributed by atoms with Crippen LogP contribution < -0.4 is 0 Å². The first kappa shape index (κ1) is 19.2. The molecule has 2 rings (SSSR count). The molecule has 1 spiro atoms. The van der Waals surface area contributed by atoms with Crippen LogP contribution in [0.2, 0.25) is 0 Å². The number of hydrogen-bond acceptors (Lipinski definition) is 2. The summed E-state index contributed by atoms with van der Waals surface area (Å²) >= 11 is 0. The molecule has 0 aromatic heterocycles. The average molecular weight is 323 g/mol. The predicted octanol–water partition coefficient (Wildman–Crippen LogP) is 5.46. The first-order valence-electron chi connectivity index (χ1n) is 10.4. The summed E-state index contributed by atoms with van der Waals surface area (Å²) in [5.74, 6) is 0. The van der Waals surface area contributed by atoms with Crippen LogP contribution in [0.3, 0.4) is 0 Å². The van der Waals surface area contributed by atoms with Gasteiger partial charge in [0.2, 0.25) is 0 Å². The van der Waals surface area contributed by atoms with E-state index in [0.717, 1.165) is 0 Å². The maximum absolute atomic E-state index is 2.99. The third kappa shape index (κ3) is 3.79. The fraction of sp³-hybridized carbons (Fsp3) is 1.00. The normalized spacial score (nSPS) is 23.7. The molecule has 2 nitrogen and oxygen atoms in total. The first-order chi connectivity index (χ1) is 10.8. The van der Waals surface area contributed by atoms with E-state index in [-0.39, 0.29) is 0 Å². The molecular weight excluding hydrogens is 280 g/mol. The van der Waals surface area contributed by atoms with E-state index in [1.54, 1.807) is 0 Å². The summed E-state index contributed by atoms with van der Waals surface area (Å²) in [5.41, 5.74) is 1.32. The van der Waals surface area contributed by atoms with Gasteiger partial charge in [-0.3, -0.25) is 9.80 Å². The largest absolute Gasteiger partial charge is 0.298 e. The fourth-order valence-corrected chi connectivity index (χ4v) is 5.52. The summed E-state index contributed by atoms with van der Waals surface area (Å²) in [7, 11) is 0. The van der Waals surface area contributed by atoms with Gasteiger partial charge < -0.3 is 0 Å². The van der Waals surface area contributed by atoms with E-state index < -0.39 is 0 Å². The van der Waals surface area contributed by atoms with E-state index in [2.05, 4.69) is 51.3 Å². The SMILES string of the molecule is CCCC(C)(CCC)N1CCCC12CCN(C(C)(C)CC)CC2. The van der Waals surface area contributed by atoms with E-state index in [1.807, 2.05) is 0 Å². The van der Waals surface area contributed by atoms with Crippen LogP contribution in [0, 0.1) is 0 Å². The van der Waals surface area contributed by atoms with Gasteiger partial charge in [0.25, 0.3) is 0 Å². The quantitative estimate of drug-likeness (QED) is 0.613. The van der Waals surface area contributed by atoms with Gasteiger partial charge in [-0.2, -0.15) is 0 Å². The molecule has 2 heteroatoms. The highest BCUT2D eigenvalue weighted by molar-refractivity contribution is 5.06. The molecule has 0 aliphatic carbocycles. The summed E-state index contributed by atoms with van der Waals surface area (Å²) in [6.45, 7) is 18.4. The third-order valence-electron chi connectivity index (χ3n) is 7.24. The zero-order valence-electron chi connectivity index (χ0n) is 16.9. The van der Waals surface area contributed by atoms with E-state index in [0.29, 0.717) is 16.6 Å². The van der Waals surface area contributed by atoms with Crippen LogP contribution in [0.5, 0.6) is 0 Å². The lowest BCUT2D eigenvalue weighted by Crippen LogP contribution is -2.61. The van der Waals surface area contributed by atoms with Gasteiger partial charge >= 0.3 is 0 Å². The maximum atomic E-state index is 2.99. The van der Waals surface area contributed by atoms with Gasteiger partial charge in [-0.05, 0) is 72.3 Å². The second-order valence-corrected chi connectivity index (χ2v) is 9.13. The first-order valence-corrected chi connectivity index (χ1v) is 10.4. The monoisotopic (exact) mass is 322 g/mol. The molecule has 2 aliphatic rings. The Bertz CT molecular complexity index is 360. The Morgan fingerprint density at radius 2 is 1.39 bits per heavy atom. The highest BCUT2D eigenvalue weighted by Gasteiger charge is 2.50. The minimum absolute atomic E-state index is 0.376. The second kappa shape index (κ2) is 7.44. The number of piperidine rings is 1. The lowest BCUT2D eigenvalue weighted by atomic mass is 9.78.